The molecule has 0 spiro atoms. The predicted molar refractivity (Wildman–Crippen MR) is 64.0 cm³/mol. The van der Waals surface area contributed by atoms with Crippen molar-refractivity contribution in [1.29, 1.82) is 0 Å². The van der Waals surface area contributed by atoms with Crippen LogP contribution in [0.4, 0.5) is 0 Å². The normalized spacial score (nSPS) is 24.0. The van der Waals surface area contributed by atoms with Gasteiger partial charge in [-0.15, -0.1) is 0 Å². The molecule has 0 aromatic rings. The number of hydrogen-bond donors (Lipinski definition) is 1. The van der Waals surface area contributed by atoms with E-state index >= 15 is 0 Å². The third kappa shape index (κ3) is 3.96. The Balaban J connectivity index is 1.64. The highest BCUT2D eigenvalue weighted by Crippen LogP contribution is 2.10. The van der Waals surface area contributed by atoms with Crippen LogP contribution < -0.4 is 5.32 Å². The fourth-order valence-electron chi connectivity index (χ4n) is 2.16. The molecule has 2 saturated heterocycles. The summed E-state index contributed by atoms with van der Waals surface area (Å²) in [5, 5.41) is 2.75. The lowest BCUT2D eigenvalue weighted by atomic mass is 10.2. The number of rotatable bonds is 4. The van der Waals surface area contributed by atoms with Crippen LogP contribution in [0, 0.1) is 0 Å². The van der Waals surface area contributed by atoms with Crippen LogP contribution in [0.2, 0.25) is 0 Å². The monoisotopic (exact) mass is 256 g/mol. The van der Waals surface area contributed by atoms with E-state index in [-0.39, 0.29) is 24.3 Å². The van der Waals surface area contributed by atoms with Crippen molar-refractivity contribution in [2.45, 2.75) is 25.4 Å². The SMILES string of the molecule is O=C(CC(=O)N1CCOCC1)NCC1CCCO1. The van der Waals surface area contributed by atoms with Gasteiger partial charge in [0.15, 0.2) is 0 Å². The quantitative estimate of drug-likeness (QED) is 0.691. The molecule has 2 rings (SSSR count). The maximum Gasteiger partial charge on any atom is 0.232 e. The average molecular weight is 256 g/mol. The molecule has 0 bridgehead atoms. The van der Waals surface area contributed by atoms with E-state index in [1.165, 1.54) is 0 Å². The van der Waals surface area contributed by atoms with Crippen molar-refractivity contribution in [1.82, 2.24) is 10.2 Å². The number of carbonyl (C=O) groups excluding carboxylic acids is 2. The van der Waals surface area contributed by atoms with E-state index in [0.717, 1.165) is 19.4 Å². The van der Waals surface area contributed by atoms with E-state index in [0.29, 0.717) is 32.8 Å². The number of morpholine rings is 1. The van der Waals surface area contributed by atoms with Crippen LogP contribution >= 0.6 is 0 Å². The molecule has 2 fully saturated rings. The van der Waals surface area contributed by atoms with Gasteiger partial charge in [0.25, 0.3) is 0 Å². The molecule has 1 N–H and O–H groups in total. The number of amides is 2. The number of carbonyl (C=O) groups is 2. The van der Waals surface area contributed by atoms with Crippen LogP contribution in [0.5, 0.6) is 0 Å². The predicted octanol–water partition coefficient (Wildman–Crippen LogP) is -0.469. The zero-order valence-electron chi connectivity index (χ0n) is 10.5. The van der Waals surface area contributed by atoms with Gasteiger partial charge in [-0.25, -0.2) is 0 Å². The molecule has 2 aliphatic rings. The summed E-state index contributed by atoms with van der Waals surface area (Å²) >= 11 is 0. The topological polar surface area (TPSA) is 67.9 Å². The van der Waals surface area contributed by atoms with E-state index in [9.17, 15) is 9.59 Å². The van der Waals surface area contributed by atoms with Crippen molar-refractivity contribution in [3.8, 4) is 0 Å². The fraction of sp³-hybridized carbons (Fsp3) is 0.833. The molecule has 2 aliphatic heterocycles. The zero-order valence-corrected chi connectivity index (χ0v) is 10.5. The summed E-state index contributed by atoms with van der Waals surface area (Å²) in [4.78, 5) is 25.1. The Morgan fingerprint density at radius 3 is 2.67 bits per heavy atom. The summed E-state index contributed by atoms with van der Waals surface area (Å²) in [5.74, 6) is -0.342. The first-order valence-corrected chi connectivity index (χ1v) is 6.49. The van der Waals surface area contributed by atoms with Gasteiger partial charge >= 0.3 is 0 Å². The highest BCUT2D eigenvalue weighted by Gasteiger charge is 2.21. The summed E-state index contributed by atoms with van der Waals surface area (Å²) in [6.07, 6.45) is 2.07. The average Bonchev–Trinajstić information content (AvgIpc) is 2.90. The smallest absolute Gasteiger partial charge is 0.232 e. The van der Waals surface area contributed by atoms with E-state index in [1.54, 1.807) is 4.90 Å². The van der Waals surface area contributed by atoms with Crippen molar-refractivity contribution in [2.24, 2.45) is 0 Å². The fourth-order valence-corrected chi connectivity index (χ4v) is 2.16. The van der Waals surface area contributed by atoms with Crippen molar-refractivity contribution < 1.29 is 19.1 Å². The molecule has 2 heterocycles. The lowest BCUT2D eigenvalue weighted by Gasteiger charge is -2.26. The summed E-state index contributed by atoms with van der Waals surface area (Å²) < 4.78 is 10.6. The Bertz CT molecular complexity index is 296. The second kappa shape index (κ2) is 6.70. The second-order valence-electron chi connectivity index (χ2n) is 4.61. The van der Waals surface area contributed by atoms with Crippen LogP contribution in [0.15, 0.2) is 0 Å². The van der Waals surface area contributed by atoms with Crippen LogP contribution in [0.3, 0.4) is 0 Å². The Morgan fingerprint density at radius 2 is 2.00 bits per heavy atom. The molecule has 0 saturated carbocycles. The first kappa shape index (κ1) is 13.3. The number of nitrogens with one attached hydrogen (secondary N) is 1. The molecule has 18 heavy (non-hydrogen) atoms. The summed E-state index contributed by atoms with van der Waals surface area (Å²) in [7, 11) is 0. The van der Waals surface area contributed by atoms with Crippen molar-refractivity contribution in [2.75, 3.05) is 39.5 Å². The molecular weight excluding hydrogens is 236 g/mol. The molecule has 0 radical (unpaired) electrons. The summed E-state index contributed by atoms with van der Waals surface area (Å²) in [6.45, 7) is 3.56. The second-order valence-corrected chi connectivity index (χ2v) is 4.61. The first-order chi connectivity index (χ1) is 8.75. The Hall–Kier alpha value is -1.14. The molecule has 1 atom stereocenters. The zero-order chi connectivity index (χ0) is 12.8. The Morgan fingerprint density at radius 1 is 1.22 bits per heavy atom. The van der Waals surface area contributed by atoms with Crippen LogP contribution in [-0.2, 0) is 19.1 Å². The van der Waals surface area contributed by atoms with E-state index in [1.807, 2.05) is 0 Å². The molecule has 0 aromatic carbocycles. The van der Waals surface area contributed by atoms with Gasteiger partial charge in [0.1, 0.15) is 6.42 Å². The van der Waals surface area contributed by atoms with Crippen molar-refractivity contribution >= 4 is 11.8 Å². The molecule has 0 aromatic heterocycles. The van der Waals surface area contributed by atoms with Crippen LogP contribution in [0.25, 0.3) is 0 Å². The van der Waals surface area contributed by atoms with Gasteiger partial charge in [0.2, 0.25) is 11.8 Å². The first-order valence-electron chi connectivity index (χ1n) is 6.49. The van der Waals surface area contributed by atoms with Gasteiger partial charge in [-0.2, -0.15) is 0 Å². The lowest BCUT2D eigenvalue weighted by molar-refractivity contribution is -0.139. The molecule has 102 valence electrons. The highest BCUT2D eigenvalue weighted by atomic mass is 16.5. The van der Waals surface area contributed by atoms with E-state index in [2.05, 4.69) is 5.32 Å². The minimum absolute atomic E-state index is 0.0767. The van der Waals surface area contributed by atoms with E-state index in [4.69, 9.17) is 9.47 Å². The minimum atomic E-state index is -0.220. The van der Waals surface area contributed by atoms with Gasteiger partial charge < -0.3 is 19.7 Å². The Labute approximate surface area is 107 Å². The van der Waals surface area contributed by atoms with Crippen molar-refractivity contribution in [3.63, 3.8) is 0 Å². The maximum atomic E-state index is 11.8. The maximum absolute atomic E-state index is 11.8. The third-order valence-corrected chi connectivity index (χ3v) is 3.23. The number of hydrogen-bond acceptors (Lipinski definition) is 4. The molecular formula is C12H20N2O4. The number of nitrogens with zero attached hydrogens (tertiary/aromatic N) is 1. The lowest BCUT2D eigenvalue weighted by Crippen LogP contribution is -2.43. The van der Waals surface area contributed by atoms with Gasteiger partial charge in [0.05, 0.1) is 19.3 Å². The van der Waals surface area contributed by atoms with E-state index < -0.39 is 0 Å². The van der Waals surface area contributed by atoms with Crippen LogP contribution in [-0.4, -0.2) is 62.3 Å². The Kier molecular flexibility index (Phi) is 4.95. The number of ether oxygens (including phenoxy) is 2. The summed E-state index contributed by atoms with van der Waals surface area (Å²) in [5.41, 5.74) is 0. The largest absolute Gasteiger partial charge is 0.378 e. The third-order valence-electron chi connectivity index (χ3n) is 3.23. The molecule has 6 heteroatoms. The summed E-state index contributed by atoms with van der Waals surface area (Å²) in [6, 6.07) is 0. The standard InChI is InChI=1S/C12H20N2O4/c15-11(13-9-10-2-1-5-18-10)8-12(16)14-3-6-17-7-4-14/h10H,1-9H2,(H,13,15). The molecule has 2 amide bonds. The van der Waals surface area contributed by atoms with Gasteiger partial charge in [-0.3, -0.25) is 9.59 Å². The molecule has 1 unspecified atom stereocenters. The molecule has 0 aliphatic carbocycles. The van der Waals surface area contributed by atoms with Gasteiger partial charge in [-0.1, -0.05) is 0 Å². The molecule has 6 nitrogen and oxygen atoms in total. The highest BCUT2D eigenvalue weighted by molar-refractivity contribution is 5.96. The van der Waals surface area contributed by atoms with Gasteiger partial charge in [0, 0.05) is 26.2 Å². The van der Waals surface area contributed by atoms with Crippen molar-refractivity contribution in [3.05, 3.63) is 0 Å². The minimum Gasteiger partial charge on any atom is -0.378 e. The van der Waals surface area contributed by atoms with Gasteiger partial charge in [-0.05, 0) is 12.8 Å². The van der Waals surface area contributed by atoms with Crippen LogP contribution in [0.1, 0.15) is 19.3 Å².